The third-order valence-electron chi connectivity index (χ3n) is 18.4. The Kier molecular flexibility index (Phi) is 12.0. The first-order chi connectivity index (χ1) is 47.8. The summed E-state index contributed by atoms with van der Waals surface area (Å²) < 4.78 is 92.3. The minimum absolute atomic E-state index is 0.0501. The van der Waals surface area contributed by atoms with Gasteiger partial charge in [0.2, 0.25) is 0 Å². The van der Waals surface area contributed by atoms with Crippen LogP contribution in [-0.2, 0) is 21.7 Å². The Morgan fingerprint density at radius 2 is 0.626 bits per heavy atom. The predicted octanol–water partition coefficient (Wildman–Crippen LogP) is 22.6. The zero-order valence-electron chi connectivity index (χ0n) is 64.2. The second kappa shape index (κ2) is 22.7. The molecule has 0 N–H and O–H groups in total. The van der Waals surface area contributed by atoms with E-state index in [9.17, 15) is 5.48 Å². The first-order valence-electron chi connectivity index (χ1n) is 36.8. The molecule has 12 aromatic rings. The topological polar surface area (TPSA) is 6.48 Å². The third kappa shape index (κ3) is 10.8. The molecular weight excluding hydrogens is 1100 g/mol. The number of hydrogen-bond acceptors (Lipinski definition) is 2. The molecule has 0 aliphatic carbocycles. The lowest BCUT2D eigenvalue weighted by molar-refractivity contribution is 0.570. The normalized spacial score (nSPS) is 14.5. The maximum Gasteiger partial charge on any atom is 0.252 e. The number of fused-ring (bicyclic) bond motifs is 4. The summed E-state index contributed by atoms with van der Waals surface area (Å²) in [5.74, 6) is 0. The van der Waals surface area contributed by atoms with Gasteiger partial charge in [0.15, 0.2) is 0 Å². The van der Waals surface area contributed by atoms with Gasteiger partial charge in [0, 0.05) is 45.0 Å². The molecule has 0 spiro atoms. The van der Waals surface area contributed by atoms with E-state index in [1.807, 2.05) is 48.5 Å². The fraction of sp³-hybridized carbons (Fsp3) is 0.182. The maximum absolute atomic E-state index is 9.59. The van der Waals surface area contributed by atoms with E-state index in [0.717, 1.165) is 117 Å². The van der Waals surface area contributed by atoms with E-state index in [-0.39, 0.29) is 57.0 Å². The van der Waals surface area contributed by atoms with Crippen LogP contribution in [0.25, 0.3) is 77.9 Å². The second-order valence-corrected chi connectivity index (χ2v) is 28.6. The Morgan fingerprint density at radius 1 is 0.275 bits per heavy atom. The molecule has 91 heavy (non-hydrogen) atoms. The molecule has 0 saturated heterocycles. The molecular formula is C88H81BN2. The Hall–Kier alpha value is -9.70. The van der Waals surface area contributed by atoms with Crippen LogP contribution in [0.3, 0.4) is 0 Å². The van der Waals surface area contributed by atoms with Gasteiger partial charge < -0.3 is 9.80 Å². The standard InChI is InChI=1S/C88H81BN2/c1-85(2,3)67-45-46-70(75(57-67)88(10,11)12)66-51-80-82-81(52-66)91(84-73(62-39-27-17-28-40-62)55-69(87(7,8)9)56-74(84)63-41-29-18-30-42-63)79-48-44-65(59-33-21-14-22-34-59)50-77(79)89(82)76-49-64(58-31-19-13-20-32-58)43-47-78(76)90(80)83-71(60-35-23-15-24-36-60)53-68(86(4,5)6)54-72(83)61-37-25-16-26-38-61/h13-57H,1-12H3/i13D,14D,19D,20D,21D,22D,31D,32D,33D,34D. The number of rotatable bonds is 9. The molecule has 0 saturated carbocycles. The molecule has 3 heteroatoms. The van der Waals surface area contributed by atoms with Crippen molar-refractivity contribution in [3.05, 3.63) is 295 Å². The van der Waals surface area contributed by atoms with Crippen LogP contribution in [0.2, 0.25) is 0 Å². The smallest absolute Gasteiger partial charge is 0.252 e. The van der Waals surface area contributed by atoms with Gasteiger partial charge in [-0.2, -0.15) is 0 Å². The van der Waals surface area contributed by atoms with Crippen molar-refractivity contribution in [2.24, 2.45) is 0 Å². The van der Waals surface area contributed by atoms with Crippen molar-refractivity contribution >= 4 is 57.2 Å². The van der Waals surface area contributed by atoms with Crippen molar-refractivity contribution < 1.29 is 13.7 Å². The Morgan fingerprint density at radius 3 is 0.956 bits per heavy atom. The molecule has 446 valence electrons. The first kappa shape index (κ1) is 48.2. The molecule has 0 atom stereocenters. The van der Waals surface area contributed by atoms with Crippen LogP contribution in [0.5, 0.6) is 0 Å². The van der Waals surface area contributed by atoms with Crippen LogP contribution in [-0.4, -0.2) is 6.71 Å². The summed E-state index contributed by atoms with van der Waals surface area (Å²) in [6.45, 7) is 26.3. The molecule has 12 aromatic carbocycles. The Bertz CT molecular complexity index is 4870. The summed E-state index contributed by atoms with van der Waals surface area (Å²) in [5.41, 5.74) is 21.5. The summed E-state index contributed by atoms with van der Waals surface area (Å²) in [6.07, 6.45) is 0. The summed E-state index contributed by atoms with van der Waals surface area (Å²) in [4.78, 5) is 4.86. The van der Waals surface area contributed by atoms with Crippen molar-refractivity contribution in [1.82, 2.24) is 0 Å². The number of benzene rings is 12. The highest BCUT2D eigenvalue weighted by atomic mass is 15.2. The van der Waals surface area contributed by atoms with Crippen molar-refractivity contribution in [3.8, 4) is 77.9 Å². The zero-order valence-corrected chi connectivity index (χ0v) is 54.2. The molecule has 0 bridgehead atoms. The lowest BCUT2D eigenvalue weighted by Crippen LogP contribution is -2.61. The Balaban J connectivity index is 1.26. The van der Waals surface area contributed by atoms with Crippen molar-refractivity contribution in [1.29, 1.82) is 0 Å². The Labute approximate surface area is 555 Å². The highest BCUT2D eigenvalue weighted by Crippen LogP contribution is 2.56. The van der Waals surface area contributed by atoms with Gasteiger partial charge in [-0.1, -0.05) is 307 Å². The van der Waals surface area contributed by atoms with Gasteiger partial charge in [0.05, 0.1) is 25.1 Å². The fourth-order valence-corrected chi connectivity index (χ4v) is 13.6. The quantitative estimate of drug-likeness (QED) is 0.133. The summed E-state index contributed by atoms with van der Waals surface area (Å²) in [6, 6.07) is 71.0. The van der Waals surface area contributed by atoms with Crippen LogP contribution in [0.1, 0.15) is 119 Å². The largest absolute Gasteiger partial charge is 0.310 e. The lowest BCUT2D eigenvalue weighted by atomic mass is 9.33. The number of nitrogens with zero attached hydrogens (tertiary/aromatic N) is 2. The van der Waals surface area contributed by atoms with Crippen molar-refractivity contribution in [2.75, 3.05) is 9.80 Å². The summed E-state index contributed by atoms with van der Waals surface area (Å²) in [5, 5.41) is 0. The molecule has 0 unspecified atom stereocenters. The molecule has 0 aromatic heterocycles. The predicted molar refractivity (Wildman–Crippen MR) is 393 cm³/mol. The monoisotopic (exact) mass is 1190 g/mol. The summed E-state index contributed by atoms with van der Waals surface area (Å²) in [7, 11) is 0. The van der Waals surface area contributed by atoms with E-state index in [4.69, 9.17) is 8.22 Å². The molecule has 2 heterocycles. The van der Waals surface area contributed by atoms with E-state index in [1.165, 1.54) is 11.1 Å². The number of hydrogen-bond donors (Lipinski definition) is 0. The first-order valence-corrected chi connectivity index (χ1v) is 31.8. The highest BCUT2D eigenvalue weighted by Gasteiger charge is 2.46. The third-order valence-corrected chi connectivity index (χ3v) is 18.4. The van der Waals surface area contributed by atoms with Crippen molar-refractivity contribution in [2.45, 2.75) is 105 Å². The van der Waals surface area contributed by atoms with Crippen LogP contribution >= 0.6 is 0 Å². The fourth-order valence-electron chi connectivity index (χ4n) is 13.6. The van der Waals surface area contributed by atoms with E-state index in [2.05, 4.69) is 257 Å². The average molecular weight is 1190 g/mol. The minimum Gasteiger partial charge on any atom is -0.310 e. The molecule has 0 amide bonds. The van der Waals surface area contributed by atoms with Crippen LogP contribution in [0.15, 0.2) is 273 Å². The van der Waals surface area contributed by atoms with Crippen LogP contribution < -0.4 is 26.2 Å². The minimum atomic E-state index is -0.755. The van der Waals surface area contributed by atoms with Crippen LogP contribution in [0.4, 0.5) is 34.1 Å². The van der Waals surface area contributed by atoms with Gasteiger partial charge in [-0.15, -0.1) is 0 Å². The molecule has 0 fully saturated rings. The van der Waals surface area contributed by atoms with Gasteiger partial charge in [0.25, 0.3) is 6.71 Å². The van der Waals surface area contributed by atoms with Crippen LogP contribution in [0, 0.1) is 0 Å². The van der Waals surface area contributed by atoms with Gasteiger partial charge in [-0.05, 0) is 164 Å². The van der Waals surface area contributed by atoms with Crippen molar-refractivity contribution in [3.63, 3.8) is 0 Å². The van der Waals surface area contributed by atoms with Gasteiger partial charge in [-0.25, -0.2) is 0 Å². The van der Waals surface area contributed by atoms with E-state index in [0.29, 0.717) is 11.1 Å². The van der Waals surface area contributed by atoms with E-state index < -0.39 is 43.0 Å². The zero-order chi connectivity index (χ0) is 71.8. The molecule has 2 aliphatic rings. The van der Waals surface area contributed by atoms with E-state index >= 15 is 0 Å². The highest BCUT2D eigenvalue weighted by molar-refractivity contribution is 7.00. The molecule has 0 radical (unpaired) electrons. The van der Waals surface area contributed by atoms with E-state index in [1.54, 1.807) is 0 Å². The maximum atomic E-state index is 9.59. The number of anilines is 6. The molecule has 14 rings (SSSR count). The lowest BCUT2D eigenvalue weighted by Gasteiger charge is -2.46. The molecule has 2 nitrogen and oxygen atoms in total. The van der Waals surface area contributed by atoms with Gasteiger partial charge in [0.1, 0.15) is 0 Å². The van der Waals surface area contributed by atoms with Gasteiger partial charge in [-0.3, -0.25) is 0 Å². The SMILES string of the molecule is [2H]c1c([2H])c([2H])c(-c2ccc3c(c2)B2c4cc(-c5c([2H])c([2H])c([2H])c([2H])c5[2H])ccc4N(c4c(-c5ccccc5)cc(C(C)(C)C)cc4-c4ccccc4)c4cc(-c5ccc(C(C)(C)C)cc5C(C)(C)C)cc(c42)N3c2c(-c3ccccc3)cc(C(C)(C)C)cc2-c2ccccc2)c([2H])c1[2H]. The second-order valence-electron chi connectivity index (χ2n) is 28.6. The molecule has 2 aliphatic heterocycles. The average Bonchev–Trinajstić information content (AvgIpc) is 0.681. The summed E-state index contributed by atoms with van der Waals surface area (Å²) >= 11 is 0. The van der Waals surface area contributed by atoms with Gasteiger partial charge >= 0.3 is 0 Å².